The number of hydrogen-bond donors (Lipinski definition) is 0. The maximum Gasteiger partial charge on any atom is -0.0141 e. The van der Waals surface area contributed by atoms with E-state index in [0.717, 1.165) is 29.6 Å². The lowest BCUT2D eigenvalue weighted by Crippen LogP contribution is -2.39. The Kier molecular flexibility index (Phi) is 1.92. The molecule has 0 amide bonds. The first-order valence-electron chi connectivity index (χ1n) is 6.71. The fourth-order valence-electron chi connectivity index (χ4n) is 5.35. The van der Waals surface area contributed by atoms with E-state index in [1.807, 2.05) is 0 Å². The molecular weight excluding hydrogens is 180 g/mol. The number of hydrogen-bond acceptors (Lipinski definition) is 0. The lowest BCUT2D eigenvalue weighted by atomic mass is 9.57. The fraction of sp³-hybridized carbons (Fsp3) is 0.867. The maximum absolute atomic E-state index is 4.28. The molecule has 0 heteroatoms. The van der Waals surface area contributed by atoms with Crippen LogP contribution >= 0.6 is 0 Å². The van der Waals surface area contributed by atoms with Crippen molar-refractivity contribution < 1.29 is 0 Å². The number of fused-ring (bicyclic) bond motifs is 3. The summed E-state index contributed by atoms with van der Waals surface area (Å²) >= 11 is 0. The minimum Gasteiger partial charge on any atom is -0.0998 e. The van der Waals surface area contributed by atoms with E-state index in [0.29, 0.717) is 5.41 Å². The highest BCUT2D eigenvalue weighted by Gasteiger charge is 2.64. The molecule has 15 heavy (non-hydrogen) atoms. The Morgan fingerprint density at radius 1 is 1.20 bits per heavy atom. The van der Waals surface area contributed by atoms with Gasteiger partial charge in [-0.25, -0.2) is 0 Å². The predicted molar refractivity (Wildman–Crippen MR) is 64.5 cm³/mol. The average Bonchev–Trinajstić information content (AvgIpc) is 2.59. The summed E-state index contributed by atoms with van der Waals surface area (Å²) < 4.78 is 0. The van der Waals surface area contributed by atoms with E-state index < -0.39 is 0 Å². The van der Waals surface area contributed by atoms with Crippen LogP contribution in [0, 0.1) is 35.0 Å². The van der Waals surface area contributed by atoms with Crippen molar-refractivity contribution in [2.45, 2.75) is 46.5 Å². The van der Waals surface area contributed by atoms with E-state index in [1.54, 1.807) is 0 Å². The van der Waals surface area contributed by atoms with E-state index in [9.17, 15) is 0 Å². The zero-order valence-corrected chi connectivity index (χ0v) is 10.4. The summed E-state index contributed by atoms with van der Waals surface area (Å²) in [5.74, 6) is 4.84. The van der Waals surface area contributed by atoms with E-state index >= 15 is 0 Å². The molecule has 3 rings (SSSR count). The molecule has 0 aromatic carbocycles. The SMILES string of the molecule is C=C(C)C1[C@@H]2C(C)CC[C@@H]2[C@@]2(C)CC[C@@H]12. The summed E-state index contributed by atoms with van der Waals surface area (Å²) in [6.45, 7) is 11.6. The highest BCUT2D eigenvalue weighted by Crippen LogP contribution is 2.71. The molecule has 0 aromatic heterocycles. The molecule has 2 unspecified atom stereocenters. The molecule has 0 N–H and O–H groups in total. The van der Waals surface area contributed by atoms with Gasteiger partial charge in [0.05, 0.1) is 0 Å². The van der Waals surface area contributed by atoms with Crippen molar-refractivity contribution in [1.29, 1.82) is 0 Å². The van der Waals surface area contributed by atoms with Crippen LogP contribution in [0.15, 0.2) is 12.2 Å². The Labute approximate surface area is 94.1 Å². The first-order chi connectivity index (χ1) is 7.05. The largest absolute Gasteiger partial charge is 0.0998 e. The lowest BCUT2D eigenvalue weighted by Gasteiger charge is -2.47. The van der Waals surface area contributed by atoms with Gasteiger partial charge in [0.2, 0.25) is 0 Å². The molecule has 0 aromatic rings. The third-order valence-electron chi connectivity index (χ3n) is 6.16. The minimum absolute atomic E-state index is 0.707. The summed E-state index contributed by atoms with van der Waals surface area (Å²) in [7, 11) is 0. The minimum atomic E-state index is 0.707. The molecule has 0 bridgehead atoms. The molecular formula is C15H24. The second-order valence-corrected chi connectivity index (χ2v) is 6.76. The van der Waals surface area contributed by atoms with Gasteiger partial charge in [0.1, 0.15) is 0 Å². The molecule has 3 aliphatic carbocycles. The molecule has 0 saturated heterocycles. The quantitative estimate of drug-likeness (QED) is 0.559. The van der Waals surface area contributed by atoms with Crippen molar-refractivity contribution in [3.8, 4) is 0 Å². The van der Waals surface area contributed by atoms with E-state index in [-0.39, 0.29) is 0 Å². The first kappa shape index (κ1) is 9.93. The van der Waals surface area contributed by atoms with Crippen LogP contribution in [-0.4, -0.2) is 0 Å². The highest BCUT2D eigenvalue weighted by molar-refractivity contribution is 5.19. The van der Waals surface area contributed by atoms with Crippen LogP contribution in [0.1, 0.15) is 46.5 Å². The Morgan fingerprint density at radius 3 is 2.47 bits per heavy atom. The normalized spacial score (nSPS) is 57.1. The van der Waals surface area contributed by atoms with Crippen molar-refractivity contribution in [3.63, 3.8) is 0 Å². The Hall–Kier alpha value is -0.260. The van der Waals surface area contributed by atoms with Crippen LogP contribution in [-0.2, 0) is 0 Å². The summed E-state index contributed by atoms with van der Waals surface area (Å²) in [6, 6.07) is 0. The summed E-state index contributed by atoms with van der Waals surface area (Å²) in [5, 5.41) is 0. The Bertz CT molecular complexity index is 303. The summed E-state index contributed by atoms with van der Waals surface area (Å²) in [5.41, 5.74) is 2.19. The van der Waals surface area contributed by atoms with Crippen LogP contribution in [0.25, 0.3) is 0 Å². The van der Waals surface area contributed by atoms with Gasteiger partial charge in [0.15, 0.2) is 0 Å². The molecule has 0 spiro atoms. The second kappa shape index (κ2) is 2.90. The molecule has 0 heterocycles. The van der Waals surface area contributed by atoms with Gasteiger partial charge in [0.25, 0.3) is 0 Å². The maximum atomic E-state index is 4.28. The monoisotopic (exact) mass is 204 g/mol. The summed E-state index contributed by atoms with van der Waals surface area (Å²) in [4.78, 5) is 0. The topological polar surface area (TPSA) is 0 Å². The van der Waals surface area contributed by atoms with E-state index in [1.165, 1.54) is 31.3 Å². The highest BCUT2D eigenvalue weighted by atomic mass is 14.7. The molecule has 0 radical (unpaired) electrons. The van der Waals surface area contributed by atoms with Crippen LogP contribution in [0.4, 0.5) is 0 Å². The van der Waals surface area contributed by atoms with Crippen molar-refractivity contribution in [2.24, 2.45) is 35.0 Å². The van der Waals surface area contributed by atoms with Crippen LogP contribution in [0.2, 0.25) is 0 Å². The fourth-order valence-corrected chi connectivity index (χ4v) is 5.35. The van der Waals surface area contributed by atoms with Gasteiger partial charge in [-0.3, -0.25) is 0 Å². The molecule has 6 atom stereocenters. The molecule has 3 saturated carbocycles. The molecule has 3 aliphatic rings. The third-order valence-corrected chi connectivity index (χ3v) is 6.16. The molecule has 0 nitrogen and oxygen atoms in total. The zero-order chi connectivity index (χ0) is 10.8. The van der Waals surface area contributed by atoms with E-state index in [4.69, 9.17) is 0 Å². The smallest absolute Gasteiger partial charge is 0.0141 e. The molecule has 3 fully saturated rings. The van der Waals surface area contributed by atoms with Gasteiger partial charge < -0.3 is 0 Å². The average molecular weight is 204 g/mol. The van der Waals surface area contributed by atoms with Crippen molar-refractivity contribution >= 4 is 0 Å². The van der Waals surface area contributed by atoms with E-state index in [2.05, 4.69) is 27.4 Å². The van der Waals surface area contributed by atoms with Gasteiger partial charge in [-0.1, -0.05) is 32.4 Å². The van der Waals surface area contributed by atoms with Gasteiger partial charge in [-0.2, -0.15) is 0 Å². The van der Waals surface area contributed by atoms with Crippen molar-refractivity contribution in [1.82, 2.24) is 0 Å². The van der Waals surface area contributed by atoms with Crippen molar-refractivity contribution in [3.05, 3.63) is 12.2 Å². The standard InChI is InChI=1S/C15H24/c1-9(2)13-12-7-8-15(12,4)11-6-5-10(3)14(11)13/h10-14H,1,5-8H2,2-4H3/t10?,11-,12-,13?,14+,15+/m0/s1. The van der Waals surface area contributed by atoms with Gasteiger partial charge >= 0.3 is 0 Å². The predicted octanol–water partition coefficient (Wildman–Crippen LogP) is 4.27. The van der Waals surface area contributed by atoms with Crippen molar-refractivity contribution in [2.75, 3.05) is 0 Å². The summed E-state index contributed by atoms with van der Waals surface area (Å²) in [6.07, 6.45) is 5.95. The number of rotatable bonds is 1. The third kappa shape index (κ3) is 1.04. The Balaban J connectivity index is 1.99. The molecule has 84 valence electrons. The lowest BCUT2D eigenvalue weighted by molar-refractivity contribution is 0.0272. The van der Waals surface area contributed by atoms with Gasteiger partial charge in [-0.15, -0.1) is 0 Å². The first-order valence-corrected chi connectivity index (χ1v) is 6.71. The van der Waals surface area contributed by atoms with Gasteiger partial charge in [0, 0.05) is 0 Å². The zero-order valence-electron chi connectivity index (χ0n) is 10.4. The van der Waals surface area contributed by atoms with Crippen LogP contribution in [0.3, 0.4) is 0 Å². The second-order valence-electron chi connectivity index (χ2n) is 6.76. The molecule has 0 aliphatic heterocycles. The number of allylic oxidation sites excluding steroid dienone is 1. The Morgan fingerprint density at radius 2 is 1.93 bits per heavy atom. The van der Waals surface area contributed by atoms with Crippen LogP contribution in [0.5, 0.6) is 0 Å². The van der Waals surface area contributed by atoms with Gasteiger partial charge in [-0.05, 0) is 61.2 Å². The van der Waals surface area contributed by atoms with Crippen LogP contribution < -0.4 is 0 Å².